The number of aliphatic hydroxyl groups is 1. The standard InChI is InChI=1S/C16H22F3NO4/c1-15(2,3)20(14(22)23)12(9-21)13(24-4)10-5-7-11(8-6-10)16(17,18)19/h5-8,12-13,21H,9H2,1-4H3,(H,22,23)/t12-,13+/m1/s1. The first-order chi connectivity index (χ1) is 10.9. The number of amides is 1. The Morgan fingerprint density at radius 3 is 2.00 bits per heavy atom. The van der Waals surface area contributed by atoms with Crippen LogP contribution < -0.4 is 0 Å². The van der Waals surface area contributed by atoms with Crippen LogP contribution in [-0.2, 0) is 10.9 Å². The molecule has 0 unspecified atom stereocenters. The maximum Gasteiger partial charge on any atom is 0.416 e. The summed E-state index contributed by atoms with van der Waals surface area (Å²) in [6.07, 6.45) is -6.63. The molecule has 0 saturated heterocycles. The van der Waals surface area contributed by atoms with Gasteiger partial charge in [0, 0.05) is 12.6 Å². The van der Waals surface area contributed by atoms with Gasteiger partial charge in [-0.05, 0) is 38.5 Å². The second-order valence-electron chi connectivity index (χ2n) is 6.35. The summed E-state index contributed by atoms with van der Waals surface area (Å²) in [5, 5.41) is 19.2. The van der Waals surface area contributed by atoms with E-state index in [0.717, 1.165) is 17.0 Å². The summed E-state index contributed by atoms with van der Waals surface area (Å²) in [7, 11) is 1.31. The van der Waals surface area contributed by atoms with Crippen LogP contribution in [0.3, 0.4) is 0 Å². The third-order valence-corrected chi connectivity index (χ3v) is 3.62. The highest BCUT2D eigenvalue weighted by Gasteiger charge is 2.38. The molecule has 1 rings (SSSR count). The zero-order chi connectivity index (χ0) is 18.7. The number of rotatable bonds is 5. The fraction of sp³-hybridized carbons (Fsp3) is 0.562. The third kappa shape index (κ3) is 4.61. The molecule has 1 amide bonds. The molecular formula is C16H22F3NO4. The number of nitrogens with zero attached hydrogens (tertiary/aromatic N) is 1. The monoisotopic (exact) mass is 349 g/mol. The number of benzene rings is 1. The van der Waals surface area contributed by atoms with Crippen molar-refractivity contribution in [2.45, 2.75) is 44.6 Å². The van der Waals surface area contributed by atoms with Crippen LogP contribution in [0.4, 0.5) is 18.0 Å². The van der Waals surface area contributed by atoms with Crippen molar-refractivity contribution in [2.75, 3.05) is 13.7 Å². The van der Waals surface area contributed by atoms with E-state index in [4.69, 9.17) is 4.74 Å². The molecule has 24 heavy (non-hydrogen) atoms. The summed E-state index contributed by atoms with van der Waals surface area (Å²) in [6, 6.07) is 3.28. The Morgan fingerprint density at radius 2 is 1.71 bits per heavy atom. The maximum absolute atomic E-state index is 12.7. The maximum atomic E-state index is 12.7. The van der Waals surface area contributed by atoms with E-state index in [9.17, 15) is 28.2 Å². The molecule has 8 heteroatoms. The van der Waals surface area contributed by atoms with Gasteiger partial charge in [-0.15, -0.1) is 0 Å². The van der Waals surface area contributed by atoms with E-state index in [1.54, 1.807) is 20.8 Å². The SMILES string of the molecule is CO[C@@H](c1ccc(C(F)(F)F)cc1)[C@@H](CO)N(C(=O)O)C(C)(C)C. The van der Waals surface area contributed by atoms with Crippen LogP contribution in [0.2, 0.25) is 0 Å². The van der Waals surface area contributed by atoms with Crippen molar-refractivity contribution >= 4 is 6.09 Å². The number of aliphatic hydroxyl groups excluding tert-OH is 1. The molecule has 5 nitrogen and oxygen atoms in total. The van der Waals surface area contributed by atoms with E-state index >= 15 is 0 Å². The Hall–Kier alpha value is -1.80. The van der Waals surface area contributed by atoms with Crippen LogP contribution in [0.15, 0.2) is 24.3 Å². The number of alkyl halides is 3. The highest BCUT2D eigenvalue weighted by atomic mass is 19.4. The number of ether oxygens (including phenoxy) is 1. The van der Waals surface area contributed by atoms with Crippen molar-refractivity contribution < 1.29 is 32.9 Å². The minimum atomic E-state index is -4.46. The molecule has 2 N–H and O–H groups in total. The molecule has 1 aromatic carbocycles. The summed E-state index contributed by atoms with van der Waals surface area (Å²) in [4.78, 5) is 12.6. The van der Waals surface area contributed by atoms with Gasteiger partial charge < -0.3 is 14.9 Å². The normalized spacial score (nSPS) is 15.0. The topological polar surface area (TPSA) is 70.0 Å². The molecule has 0 bridgehead atoms. The van der Waals surface area contributed by atoms with Crippen LogP contribution in [0.25, 0.3) is 0 Å². The first kappa shape index (κ1) is 20.2. The number of carbonyl (C=O) groups is 1. The van der Waals surface area contributed by atoms with Crippen LogP contribution in [0.5, 0.6) is 0 Å². The van der Waals surface area contributed by atoms with Gasteiger partial charge in [-0.25, -0.2) is 4.79 Å². The summed E-state index contributed by atoms with van der Waals surface area (Å²) in [5.74, 6) is 0. The van der Waals surface area contributed by atoms with Gasteiger partial charge in [0.2, 0.25) is 0 Å². The van der Waals surface area contributed by atoms with Gasteiger partial charge in [-0.2, -0.15) is 13.2 Å². The summed E-state index contributed by atoms with van der Waals surface area (Å²) in [6.45, 7) is 4.43. The fourth-order valence-electron chi connectivity index (χ4n) is 2.62. The van der Waals surface area contributed by atoms with Crippen LogP contribution in [-0.4, -0.2) is 46.5 Å². The molecule has 0 aliphatic rings. The Bertz CT molecular complexity index is 552. The van der Waals surface area contributed by atoms with E-state index < -0.39 is 42.1 Å². The largest absolute Gasteiger partial charge is 0.465 e. The number of halogens is 3. The molecule has 0 aliphatic heterocycles. The Balaban J connectivity index is 3.24. The molecule has 1 aromatic rings. The quantitative estimate of drug-likeness (QED) is 0.853. The van der Waals surface area contributed by atoms with Gasteiger partial charge in [-0.3, -0.25) is 4.90 Å². The number of methoxy groups -OCH3 is 1. The lowest BCUT2D eigenvalue weighted by atomic mass is 9.95. The zero-order valence-corrected chi connectivity index (χ0v) is 14.0. The Morgan fingerprint density at radius 1 is 1.21 bits per heavy atom. The van der Waals surface area contributed by atoms with E-state index in [1.165, 1.54) is 19.2 Å². The predicted molar refractivity (Wildman–Crippen MR) is 81.7 cm³/mol. The molecule has 0 heterocycles. The van der Waals surface area contributed by atoms with Crippen molar-refractivity contribution in [3.05, 3.63) is 35.4 Å². The van der Waals surface area contributed by atoms with Crippen molar-refractivity contribution in [3.63, 3.8) is 0 Å². The van der Waals surface area contributed by atoms with E-state index in [0.29, 0.717) is 5.56 Å². The van der Waals surface area contributed by atoms with Gasteiger partial charge in [-0.1, -0.05) is 12.1 Å². The highest BCUT2D eigenvalue weighted by Crippen LogP contribution is 2.33. The van der Waals surface area contributed by atoms with E-state index in [2.05, 4.69) is 0 Å². The third-order valence-electron chi connectivity index (χ3n) is 3.62. The second-order valence-corrected chi connectivity index (χ2v) is 6.35. The summed E-state index contributed by atoms with van der Waals surface area (Å²) >= 11 is 0. The Labute approximate surface area is 138 Å². The molecule has 0 saturated carbocycles. The van der Waals surface area contributed by atoms with Gasteiger partial charge >= 0.3 is 12.3 Å². The molecule has 0 fully saturated rings. The van der Waals surface area contributed by atoms with Crippen molar-refractivity contribution in [2.24, 2.45) is 0 Å². The van der Waals surface area contributed by atoms with Crippen LogP contribution in [0, 0.1) is 0 Å². The lowest BCUT2D eigenvalue weighted by Gasteiger charge is -2.41. The molecule has 0 aromatic heterocycles. The number of hydrogen-bond donors (Lipinski definition) is 2. The highest BCUT2D eigenvalue weighted by molar-refractivity contribution is 5.66. The molecule has 0 aliphatic carbocycles. The molecule has 0 spiro atoms. The van der Waals surface area contributed by atoms with Crippen molar-refractivity contribution in [3.8, 4) is 0 Å². The first-order valence-electron chi connectivity index (χ1n) is 7.26. The van der Waals surface area contributed by atoms with E-state index in [1.807, 2.05) is 0 Å². The van der Waals surface area contributed by atoms with Crippen molar-refractivity contribution in [1.29, 1.82) is 0 Å². The number of carboxylic acid groups (broad SMARTS) is 1. The summed E-state index contributed by atoms with van der Waals surface area (Å²) < 4.78 is 43.3. The van der Waals surface area contributed by atoms with Crippen molar-refractivity contribution in [1.82, 2.24) is 4.90 Å². The molecule has 136 valence electrons. The average Bonchev–Trinajstić information content (AvgIpc) is 2.44. The average molecular weight is 349 g/mol. The van der Waals surface area contributed by atoms with Crippen LogP contribution in [0.1, 0.15) is 38.0 Å². The van der Waals surface area contributed by atoms with Crippen LogP contribution >= 0.6 is 0 Å². The lowest BCUT2D eigenvalue weighted by molar-refractivity contribution is -0.137. The molecule has 2 atom stereocenters. The van der Waals surface area contributed by atoms with Gasteiger partial charge in [0.05, 0.1) is 18.2 Å². The smallest absolute Gasteiger partial charge is 0.416 e. The molecule has 0 radical (unpaired) electrons. The minimum absolute atomic E-state index is 0.347. The summed E-state index contributed by atoms with van der Waals surface area (Å²) in [5.41, 5.74) is -1.30. The predicted octanol–water partition coefficient (Wildman–Crippen LogP) is 3.53. The number of hydrogen-bond acceptors (Lipinski definition) is 3. The van der Waals surface area contributed by atoms with Gasteiger partial charge in [0.1, 0.15) is 6.10 Å². The Kier molecular flexibility index (Phi) is 6.24. The van der Waals surface area contributed by atoms with Gasteiger partial charge in [0.15, 0.2) is 0 Å². The fourth-order valence-corrected chi connectivity index (χ4v) is 2.62. The molecular weight excluding hydrogens is 327 g/mol. The second kappa shape index (κ2) is 7.40. The first-order valence-corrected chi connectivity index (χ1v) is 7.26. The van der Waals surface area contributed by atoms with Gasteiger partial charge in [0.25, 0.3) is 0 Å². The lowest BCUT2D eigenvalue weighted by Crippen LogP contribution is -2.55. The minimum Gasteiger partial charge on any atom is -0.465 e. The zero-order valence-electron chi connectivity index (χ0n) is 14.0. The van der Waals surface area contributed by atoms with E-state index in [-0.39, 0.29) is 0 Å².